The summed E-state index contributed by atoms with van der Waals surface area (Å²) in [4.78, 5) is 0. The Morgan fingerprint density at radius 1 is 1.00 bits per heavy atom. The fraction of sp³-hybridized carbons (Fsp3) is 0.417. The number of aryl methyl sites for hydroxylation is 1. The molecule has 0 radical (unpaired) electrons. The summed E-state index contributed by atoms with van der Waals surface area (Å²) in [6.07, 6.45) is 5.63. The zero-order valence-electron chi connectivity index (χ0n) is 18.1. The zero-order valence-corrected chi connectivity index (χ0v) is 18.1. The maximum atomic E-state index is 14.1. The molecule has 3 heteroatoms. The van der Waals surface area contributed by atoms with Crippen LogP contribution in [-0.2, 0) is 6.42 Å². The lowest BCUT2D eigenvalue weighted by atomic mass is 9.91. The number of halogens is 1. The lowest BCUT2D eigenvalue weighted by molar-refractivity contribution is 0.607. The third-order valence-corrected chi connectivity index (χ3v) is 4.31. The molecule has 0 aliphatic rings. The second-order valence-corrected chi connectivity index (χ2v) is 7.42. The number of nitrogens with zero attached hydrogens (tertiary/aromatic N) is 2. The molecule has 27 heavy (non-hydrogen) atoms. The van der Waals surface area contributed by atoms with Crippen molar-refractivity contribution in [1.29, 1.82) is 0 Å². The summed E-state index contributed by atoms with van der Waals surface area (Å²) >= 11 is 0. The smallest absolute Gasteiger partial charge is 0.126 e. The molecule has 0 amide bonds. The highest BCUT2D eigenvalue weighted by atomic mass is 19.1. The lowest BCUT2D eigenvalue weighted by Crippen LogP contribution is -1.96. The zero-order chi connectivity index (χ0) is 20.6. The van der Waals surface area contributed by atoms with Crippen molar-refractivity contribution < 1.29 is 4.39 Å². The van der Waals surface area contributed by atoms with Crippen LogP contribution < -0.4 is 0 Å². The van der Waals surface area contributed by atoms with Crippen LogP contribution in [0.2, 0.25) is 0 Å². The van der Waals surface area contributed by atoms with Gasteiger partial charge in [-0.15, -0.1) is 0 Å². The van der Waals surface area contributed by atoms with E-state index in [4.69, 9.17) is 0 Å². The first-order valence-corrected chi connectivity index (χ1v) is 9.54. The van der Waals surface area contributed by atoms with Gasteiger partial charge >= 0.3 is 0 Å². The molecule has 1 rings (SSSR count). The Morgan fingerprint density at radius 2 is 1.67 bits per heavy atom. The standard InChI is InChI=1S/C24H33FN2/c1-9-10-21-14-22(11-12-23(21)25)24(16(2)3)19(7)13-18(6)20(8)15-26-27-17(4)5/h11-15H,9-10H2,1-8H3/b19-13-,20-18+,26-15+. The van der Waals surface area contributed by atoms with Crippen LogP contribution >= 0.6 is 0 Å². The van der Waals surface area contributed by atoms with E-state index in [0.717, 1.165) is 46.4 Å². The highest BCUT2D eigenvalue weighted by Crippen LogP contribution is 2.29. The highest BCUT2D eigenvalue weighted by Gasteiger charge is 2.10. The van der Waals surface area contributed by atoms with Gasteiger partial charge in [-0.05, 0) is 100 Å². The third-order valence-electron chi connectivity index (χ3n) is 4.31. The van der Waals surface area contributed by atoms with E-state index in [-0.39, 0.29) is 5.82 Å². The number of benzene rings is 1. The summed E-state index contributed by atoms with van der Waals surface area (Å²) in [6, 6.07) is 5.45. The first-order chi connectivity index (χ1) is 12.7. The molecule has 0 unspecified atom stereocenters. The maximum Gasteiger partial charge on any atom is 0.126 e. The molecule has 0 saturated carbocycles. The Morgan fingerprint density at radius 3 is 2.22 bits per heavy atom. The van der Waals surface area contributed by atoms with E-state index in [9.17, 15) is 4.39 Å². The second-order valence-electron chi connectivity index (χ2n) is 7.42. The molecule has 0 aliphatic heterocycles. The van der Waals surface area contributed by atoms with Crippen LogP contribution in [0.5, 0.6) is 0 Å². The summed E-state index contributed by atoms with van der Waals surface area (Å²) in [5.74, 6) is -0.120. The van der Waals surface area contributed by atoms with Gasteiger partial charge in [-0.1, -0.05) is 31.1 Å². The number of hydrogen-bond acceptors (Lipinski definition) is 2. The van der Waals surface area contributed by atoms with Crippen LogP contribution in [-0.4, -0.2) is 11.9 Å². The minimum atomic E-state index is -0.120. The van der Waals surface area contributed by atoms with Crippen molar-refractivity contribution in [3.05, 3.63) is 63.5 Å². The quantitative estimate of drug-likeness (QED) is 0.274. The normalized spacial score (nSPS) is 12.9. The molecular weight excluding hydrogens is 335 g/mol. The average Bonchev–Trinajstić information content (AvgIpc) is 2.57. The Labute approximate surface area is 164 Å². The second kappa shape index (κ2) is 10.8. The predicted molar refractivity (Wildman–Crippen MR) is 118 cm³/mol. The van der Waals surface area contributed by atoms with E-state index in [0.29, 0.717) is 0 Å². The molecule has 0 spiro atoms. The Balaban J connectivity index is 3.31. The van der Waals surface area contributed by atoms with E-state index in [2.05, 4.69) is 50.9 Å². The van der Waals surface area contributed by atoms with Crippen LogP contribution in [0.3, 0.4) is 0 Å². The van der Waals surface area contributed by atoms with Gasteiger partial charge < -0.3 is 0 Å². The van der Waals surface area contributed by atoms with Crippen molar-refractivity contribution in [3.8, 4) is 0 Å². The van der Waals surface area contributed by atoms with Gasteiger partial charge in [0.05, 0.1) is 6.21 Å². The van der Waals surface area contributed by atoms with Gasteiger partial charge in [-0.2, -0.15) is 10.2 Å². The Bertz CT molecular complexity index is 813. The Kier molecular flexibility index (Phi) is 9.07. The monoisotopic (exact) mass is 368 g/mol. The molecule has 146 valence electrons. The summed E-state index contributed by atoms with van der Waals surface area (Å²) in [6.45, 7) is 16.3. The fourth-order valence-electron chi connectivity index (χ4n) is 2.95. The topological polar surface area (TPSA) is 24.7 Å². The minimum absolute atomic E-state index is 0.120. The number of hydrogen-bond donors (Lipinski definition) is 0. The highest BCUT2D eigenvalue weighted by molar-refractivity contribution is 5.84. The van der Waals surface area contributed by atoms with Gasteiger partial charge in [0.25, 0.3) is 0 Å². The maximum absolute atomic E-state index is 14.1. The molecular formula is C24H33FN2. The van der Waals surface area contributed by atoms with Gasteiger partial charge in [0.15, 0.2) is 0 Å². The summed E-state index contributed by atoms with van der Waals surface area (Å²) < 4.78 is 14.1. The largest absolute Gasteiger partial charge is 0.207 e. The molecule has 1 aromatic rings. The average molecular weight is 369 g/mol. The van der Waals surface area contributed by atoms with E-state index >= 15 is 0 Å². The molecule has 2 nitrogen and oxygen atoms in total. The van der Waals surface area contributed by atoms with E-state index in [1.54, 1.807) is 12.3 Å². The molecule has 0 aliphatic carbocycles. The van der Waals surface area contributed by atoms with Gasteiger partial charge in [-0.3, -0.25) is 0 Å². The third kappa shape index (κ3) is 7.09. The summed E-state index contributed by atoms with van der Waals surface area (Å²) in [5, 5.41) is 8.16. The van der Waals surface area contributed by atoms with Gasteiger partial charge in [0.1, 0.15) is 5.82 Å². The molecule has 0 aromatic heterocycles. The number of allylic oxidation sites excluding steroid dienone is 6. The van der Waals surface area contributed by atoms with Crippen LogP contribution in [0.1, 0.15) is 72.9 Å². The SMILES string of the molecule is CCCc1cc(C(=C(C)C)\C(C)=C/C(C)=C(C)/C=N/N=C(C)C)ccc1F. The van der Waals surface area contributed by atoms with Gasteiger partial charge in [0.2, 0.25) is 0 Å². The van der Waals surface area contributed by atoms with Crippen LogP contribution in [0, 0.1) is 5.82 Å². The minimum Gasteiger partial charge on any atom is -0.207 e. The summed E-state index contributed by atoms with van der Waals surface area (Å²) in [5.41, 5.74) is 8.51. The van der Waals surface area contributed by atoms with Crippen molar-refractivity contribution in [2.75, 3.05) is 0 Å². The lowest BCUT2D eigenvalue weighted by Gasteiger charge is -2.14. The fourth-order valence-corrected chi connectivity index (χ4v) is 2.95. The van der Waals surface area contributed by atoms with E-state index < -0.39 is 0 Å². The molecule has 0 atom stereocenters. The summed E-state index contributed by atoms with van der Waals surface area (Å²) in [7, 11) is 0. The van der Waals surface area contributed by atoms with Crippen molar-refractivity contribution in [1.82, 2.24) is 0 Å². The van der Waals surface area contributed by atoms with Crippen LogP contribution in [0.4, 0.5) is 4.39 Å². The molecule has 0 N–H and O–H groups in total. The first-order valence-electron chi connectivity index (χ1n) is 9.54. The van der Waals surface area contributed by atoms with Crippen LogP contribution in [0.25, 0.3) is 5.57 Å². The van der Waals surface area contributed by atoms with Crippen molar-refractivity contribution in [3.63, 3.8) is 0 Å². The molecule has 1 aromatic carbocycles. The van der Waals surface area contributed by atoms with Crippen molar-refractivity contribution in [2.45, 2.75) is 68.2 Å². The molecule has 0 heterocycles. The van der Waals surface area contributed by atoms with Gasteiger partial charge in [-0.25, -0.2) is 4.39 Å². The molecule has 0 fully saturated rings. The molecule has 0 saturated heterocycles. The van der Waals surface area contributed by atoms with E-state index in [1.807, 2.05) is 32.9 Å². The van der Waals surface area contributed by atoms with Crippen LogP contribution in [0.15, 0.2) is 56.8 Å². The first kappa shape index (κ1) is 22.8. The Hall–Kier alpha value is -2.29. The predicted octanol–water partition coefficient (Wildman–Crippen LogP) is 7.32. The van der Waals surface area contributed by atoms with Gasteiger partial charge in [0, 0.05) is 5.71 Å². The molecule has 0 bridgehead atoms. The van der Waals surface area contributed by atoms with Crippen molar-refractivity contribution >= 4 is 17.5 Å². The van der Waals surface area contributed by atoms with E-state index in [1.165, 1.54) is 11.1 Å². The number of rotatable bonds is 7. The van der Waals surface area contributed by atoms with Crippen molar-refractivity contribution in [2.24, 2.45) is 10.2 Å².